The quantitative estimate of drug-likeness (QED) is 0.777. The van der Waals surface area contributed by atoms with E-state index in [1.54, 1.807) is 14.2 Å². The number of aliphatic imine (C=N–C) groups is 1. The minimum absolute atomic E-state index is 0.834. The van der Waals surface area contributed by atoms with Crippen molar-refractivity contribution < 1.29 is 9.47 Å². The molecule has 2 rings (SSSR count). The number of nitrogens with zero attached hydrogens (tertiary/aromatic N) is 1. The van der Waals surface area contributed by atoms with Crippen LogP contribution in [0.4, 0.5) is 5.69 Å². The Morgan fingerprint density at radius 2 is 1.26 bits per heavy atom. The molecule has 0 heterocycles. The van der Waals surface area contributed by atoms with Crippen molar-refractivity contribution in [1.29, 1.82) is 0 Å². The van der Waals surface area contributed by atoms with Crippen molar-refractivity contribution in [3.8, 4) is 11.5 Å². The number of methoxy groups -OCH3 is 2. The highest BCUT2D eigenvalue weighted by Gasteiger charge is 1.99. The molecule has 0 atom stereocenters. The minimum atomic E-state index is 0.834. The molecule has 98 valence electrons. The molecule has 3 nitrogen and oxygen atoms in total. The second-order valence-corrected chi connectivity index (χ2v) is 4.12. The largest absolute Gasteiger partial charge is 0.497 e. The molecular weight excluding hydrogens is 238 g/mol. The Balaban J connectivity index is 2.20. The molecule has 0 fully saturated rings. The third kappa shape index (κ3) is 3.35. The summed E-state index contributed by atoms with van der Waals surface area (Å²) in [6.45, 7) is 1.99. The monoisotopic (exact) mass is 255 g/mol. The zero-order chi connectivity index (χ0) is 13.7. The Labute approximate surface area is 113 Å². The lowest BCUT2D eigenvalue weighted by Crippen LogP contribution is -1.94. The van der Waals surface area contributed by atoms with E-state index in [4.69, 9.17) is 9.47 Å². The zero-order valence-electron chi connectivity index (χ0n) is 11.4. The number of benzene rings is 2. The van der Waals surface area contributed by atoms with Gasteiger partial charge in [-0.15, -0.1) is 0 Å². The molecule has 0 aliphatic carbocycles. The number of rotatable bonds is 4. The van der Waals surface area contributed by atoms with Crippen LogP contribution in [0.25, 0.3) is 0 Å². The predicted octanol–water partition coefficient (Wildman–Crippen LogP) is 3.84. The molecule has 0 radical (unpaired) electrons. The van der Waals surface area contributed by atoms with Crippen molar-refractivity contribution in [2.24, 2.45) is 4.99 Å². The normalized spacial score (nSPS) is 11.2. The van der Waals surface area contributed by atoms with Gasteiger partial charge in [0, 0.05) is 5.71 Å². The van der Waals surface area contributed by atoms with Crippen LogP contribution in [0.2, 0.25) is 0 Å². The van der Waals surface area contributed by atoms with E-state index in [2.05, 4.69) is 4.99 Å². The lowest BCUT2D eigenvalue weighted by molar-refractivity contribution is 0.414. The van der Waals surface area contributed by atoms with Crippen molar-refractivity contribution in [3.05, 3.63) is 54.1 Å². The highest BCUT2D eigenvalue weighted by atomic mass is 16.5. The first-order valence-electron chi connectivity index (χ1n) is 6.06. The fourth-order valence-electron chi connectivity index (χ4n) is 1.75. The van der Waals surface area contributed by atoms with Crippen LogP contribution in [0.15, 0.2) is 53.5 Å². The second kappa shape index (κ2) is 6.05. The molecular formula is C16H17NO2. The summed E-state index contributed by atoms with van der Waals surface area (Å²) in [4.78, 5) is 4.58. The predicted molar refractivity (Wildman–Crippen MR) is 77.9 cm³/mol. The molecule has 0 saturated heterocycles. The molecule has 0 aliphatic heterocycles. The zero-order valence-corrected chi connectivity index (χ0v) is 11.4. The van der Waals surface area contributed by atoms with Crippen LogP contribution >= 0.6 is 0 Å². The maximum atomic E-state index is 5.14. The van der Waals surface area contributed by atoms with E-state index in [1.165, 1.54) is 0 Å². The maximum Gasteiger partial charge on any atom is 0.119 e. The SMILES string of the molecule is COc1ccc(/N=C(\C)c2ccc(OC)cc2)cc1. The first kappa shape index (κ1) is 13.1. The third-order valence-electron chi connectivity index (χ3n) is 2.88. The number of hydrogen-bond donors (Lipinski definition) is 0. The summed E-state index contributed by atoms with van der Waals surface area (Å²) in [7, 11) is 3.31. The van der Waals surface area contributed by atoms with Crippen LogP contribution in [0.3, 0.4) is 0 Å². The van der Waals surface area contributed by atoms with Crippen LogP contribution in [-0.2, 0) is 0 Å². The molecule has 0 saturated carbocycles. The molecule has 2 aromatic rings. The molecule has 0 amide bonds. The van der Waals surface area contributed by atoms with Gasteiger partial charge in [-0.3, -0.25) is 4.99 Å². The molecule has 19 heavy (non-hydrogen) atoms. The van der Waals surface area contributed by atoms with Gasteiger partial charge >= 0.3 is 0 Å². The molecule has 0 unspecified atom stereocenters. The van der Waals surface area contributed by atoms with Crippen molar-refractivity contribution in [2.75, 3.05) is 14.2 Å². The van der Waals surface area contributed by atoms with E-state index in [1.807, 2.05) is 55.5 Å². The van der Waals surface area contributed by atoms with Gasteiger partial charge in [0.1, 0.15) is 11.5 Å². The van der Waals surface area contributed by atoms with Crippen LogP contribution in [0.5, 0.6) is 11.5 Å². The fourth-order valence-corrected chi connectivity index (χ4v) is 1.75. The van der Waals surface area contributed by atoms with Gasteiger partial charge in [-0.2, -0.15) is 0 Å². The summed E-state index contributed by atoms with van der Waals surface area (Å²) in [6, 6.07) is 15.5. The van der Waals surface area contributed by atoms with Crippen molar-refractivity contribution in [1.82, 2.24) is 0 Å². The lowest BCUT2D eigenvalue weighted by atomic mass is 10.1. The molecule has 2 aromatic carbocycles. The van der Waals surface area contributed by atoms with Gasteiger partial charge < -0.3 is 9.47 Å². The molecule has 0 aromatic heterocycles. The first-order chi connectivity index (χ1) is 9.22. The van der Waals surface area contributed by atoms with Crippen LogP contribution < -0.4 is 9.47 Å². The molecule has 0 spiro atoms. The minimum Gasteiger partial charge on any atom is -0.497 e. The Bertz CT molecular complexity index is 556. The highest BCUT2D eigenvalue weighted by molar-refractivity contribution is 6.00. The average molecular weight is 255 g/mol. The number of hydrogen-bond acceptors (Lipinski definition) is 3. The van der Waals surface area contributed by atoms with E-state index >= 15 is 0 Å². The van der Waals surface area contributed by atoms with Gasteiger partial charge in [-0.25, -0.2) is 0 Å². The summed E-state index contributed by atoms with van der Waals surface area (Å²) in [5.41, 5.74) is 2.96. The van der Waals surface area contributed by atoms with Crippen LogP contribution in [-0.4, -0.2) is 19.9 Å². The average Bonchev–Trinajstić information content (AvgIpc) is 2.48. The van der Waals surface area contributed by atoms with E-state index < -0.39 is 0 Å². The Hall–Kier alpha value is -2.29. The Morgan fingerprint density at radius 3 is 1.74 bits per heavy atom. The lowest BCUT2D eigenvalue weighted by Gasteiger charge is -2.04. The van der Waals surface area contributed by atoms with Crippen LogP contribution in [0.1, 0.15) is 12.5 Å². The smallest absolute Gasteiger partial charge is 0.119 e. The van der Waals surface area contributed by atoms with Gasteiger partial charge in [0.05, 0.1) is 19.9 Å². The summed E-state index contributed by atoms with van der Waals surface area (Å²) >= 11 is 0. The van der Waals surface area contributed by atoms with E-state index in [-0.39, 0.29) is 0 Å². The highest BCUT2D eigenvalue weighted by Crippen LogP contribution is 2.19. The summed E-state index contributed by atoms with van der Waals surface area (Å²) < 4.78 is 10.3. The van der Waals surface area contributed by atoms with Gasteiger partial charge in [-0.1, -0.05) is 0 Å². The van der Waals surface area contributed by atoms with Crippen molar-refractivity contribution >= 4 is 11.4 Å². The molecule has 0 aliphatic rings. The third-order valence-corrected chi connectivity index (χ3v) is 2.88. The fraction of sp³-hybridized carbons (Fsp3) is 0.188. The summed E-state index contributed by atoms with van der Waals surface area (Å²) in [5, 5.41) is 0. The van der Waals surface area contributed by atoms with Crippen molar-refractivity contribution in [2.45, 2.75) is 6.92 Å². The van der Waals surface area contributed by atoms with Crippen LogP contribution in [0, 0.1) is 0 Å². The van der Waals surface area contributed by atoms with Gasteiger partial charge in [0.15, 0.2) is 0 Å². The maximum absolute atomic E-state index is 5.14. The van der Waals surface area contributed by atoms with Crippen molar-refractivity contribution in [3.63, 3.8) is 0 Å². The van der Waals surface area contributed by atoms with Gasteiger partial charge in [-0.05, 0) is 61.0 Å². The topological polar surface area (TPSA) is 30.8 Å². The second-order valence-electron chi connectivity index (χ2n) is 4.12. The molecule has 3 heteroatoms. The first-order valence-corrected chi connectivity index (χ1v) is 6.06. The van der Waals surface area contributed by atoms with Gasteiger partial charge in [0.2, 0.25) is 0 Å². The van der Waals surface area contributed by atoms with E-state index in [0.717, 1.165) is 28.5 Å². The molecule has 0 N–H and O–H groups in total. The molecule has 0 bridgehead atoms. The number of ether oxygens (including phenoxy) is 2. The van der Waals surface area contributed by atoms with E-state index in [0.29, 0.717) is 0 Å². The standard InChI is InChI=1S/C16H17NO2/c1-12(13-4-8-15(18-2)9-5-13)17-14-6-10-16(19-3)11-7-14/h4-11H,1-3H3/b17-12+. The van der Waals surface area contributed by atoms with Gasteiger partial charge in [0.25, 0.3) is 0 Å². The van der Waals surface area contributed by atoms with E-state index in [9.17, 15) is 0 Å². The summed E-state index contributed by atoms with van der Waals surface area (Å²) in [5.74, 6) is 1.68. The summed E-state index contributed by atoms with van der Waals surface area (Å²) in [6.07, 6.45) is 0. The Kier molecular flexibility index (Phi) is 4.18. The Morgan fingerprint density at radius 1 is 0.789 bits per heavy atom.